The number of thiophene rings is 1. The van der Waals surface area contributed by atoms with Crippen LogP contribution in [0.15, 0.2) is 36.7 Å². The Morgan fingerprint density at radius 3 is 3.05 bits per heavy atom. The molecule has 0 bridgehead atoms. The number of aryl methyl sites for hydroxylation is 1. The maximum atomic E-state index is 12.5. The number of pyridine rings is 1. The van der Waals surface area contributed by atoms with Gasteiger partial charge in [0.15, 0.2) is 0 Å². The minimum absolute atomic E-state index is 0.276. The summed E-state index contributed by atoms with van der Waals surface area (Å²) in [6, 6.07) is 8.28. The van der Waals surface area contributed by atoms with E-state index in [2.05, 4.69) is 35.0 Å². The average Bonchev–Trinajstić information content (AvgIpc) is 2.93. The van der Waals surface area contributed by atoms with Crippen LogP contribution in [0, 0.1) is 12.8 Å². The fourth-order valence-corrected chi connectivity index (χ4v) is 4.03. The van der Waals surface area contributed by atoms with Crippen molar-refractivity contribution in [2.24, 2.45) is 5.92 Å². The van der Waals surface area contributed by atoms with E-state index in [4.69, 9.17) is 0 Å². The third kappa shape index (κ3) is 3.95. The average molecular weight is 314 g/mol. The van der Waals surface area contributed by atoms with Crippen molar-refractivity contribution >= 4 is 17.2 Å². The van der Waals surface area contributed by atoms with Crippen LogP contribution in [-0.2, 0) is 17.6 Å². The summed E-state index contributed by atoms with van der Waals surface area (Å²) >= 11 is 1.73. The molecule has 1 fully saturated rings. The predicted octanol–water partition coefficient (Wildman–Crippen LogP) is 3.48. The fourth-order valence-electron chi connectivity index (χ4n) is 3.15. The Kier molecular flexibility index (Phi) is 4.88. The molecule has 3 nitrogen and oxygen atoms in total. The number of carbonyl (C=O) groups is 1. The highest BCUT2D eigenvalue weighted by atomic mass is 32.1. The molecule has 0 saturated carbocycles. The highest BCUT2D eigenvalue weighted by Crippen LogP contribution is 2.22. The quantitative estimate of drug-likeness (QED) is 0.865. The highest BCUT2D eigenvalue weighted by molar-refractivity contribution is 7.12. The van der Waals surface area contributed by atoms with Crippen LogP contribution >= 0.6 is 11.3 Å². The van der Waals surface area contributed by atoms with E-state index in [-0.39, 0.29) is 5.91 Å². The SMILES string of the molecule is Cc1ccc(CC(=O)N2CCC[C@H](Cc3cccnc3)C2)s1. The lowest BCUT2D eigenvalue weighted by Gasteiger charge is -2.33. The van der Waals surface area contributed by atoms with Crippen molar-refractivity contribution in [3.8, 4) is 0 Å². The summed E-state index contributed by atoms with van der Waals surface area (Å²) in [5.74, 6) is 0.838. The number of amides is 1. The van der Waals surface area contributed by atoms with E-state index in [0.29, 0.717) is 12.3 Å². The molecule has 0 N–H and O–H groups in total. The second kappa shape index (κ2) is 7.05. The smallest absolute Gasteiger partial charge is 0.227 e. The lowest BCUT2D eigenvalue weighted by atomic mass is 9.91. The van der Waals surface area contributed by atoms with Gasteiger partial charge in [-0.1, -0.05) is 6.07 Å². The molecule has 0 aliphatic carbocycles. The number of hydrogen-bond acceptors (Lipinski definition) is 3. The topological polar surface area (TPSA) is 33.2 Å². The van der Waals surface area contributed by atoms with E-state index in [1.54, 1.807) is 11.3 Å². The first-order valence-corrected chi connectivity index (χ1v) is 8.74. The van der Waals surface area contributed by atoms with Gasteiger partial charge in [0.2, 0.25) is 5.91 Å². The zero-order chi connectivity index (χ0) is 15.4. The number of aromatic nitrogens is 1. The van der Waals surface area contributed by atoms with E-state index in [9.17, 15) is 4.79 Å². The summed E-state index contributed by atoms with van der Waals surface area (Å²) < 4.78 is 0. The van der Waals surface area contributed by atoms with Crippen LogP contribution in [0.4, 0.5) is 0 Å². The van der Waals surface area contributed by atoms with Gasteiger partial charge in [-0.05, 0) is 55.9 Å². The third-order valence-electron chi connectivity index (χ3n) is 4.24. The number of likely N-dealkylation sites (tertiary alicyclic amines) is 1. The van der Waals surface area contributed by atoms with Gasteiger partial charge >= 0.3 is 0 Å². The lowest BCUT2D eigenvalue weighted by molar-refractivity contribution is -0.132. The summed E-state index contributed by atoms with van der Waals surface area (Å²) in [5, 5.41) is 0. The van der Waals surface area contributed by atoms with Gasteiger partial charge in [-0.15, -0.1) is 11.3 Å². The normalized spacial score (nSPS) is 18.4. The molecule has 22 heavy (non-hydrogen) atoms. The van der Waals surface area contributed by atoms with E-state index in [1.165, 1.54) is 21.7 Å². The van der Waals surface area contributed by atoms with E-state index in [0.717, 1.165) is 25.9 Å². The van der Waals surface area contributed by atoms with E-state index >= 15 is 0 Å². The van der Waals surface area contributed by atoms with Gasteiger partial charge in [0, 0.05) is 35.2 Å². The van der Waals surface area contributed by atoms with Crippen molar-refractivity contribution < 1.29 is 4.79 Å². The van der Waals surface area contributed by atoms with Crippen LogP contribution in [0.25, 0.3) is 0 Å². The molecule has 116 valence electrons. The molecule has 1 aliphatic rings. The van der Waals surface area contributed by atoms with Crippen LogP contribution in [0.2, 0.25) is 0 Å². The summed E-state index contributed by atoms with van der Waals surface area (Å²) in [6.07, 6.45) is 7.64. The number of carbonyl (C=O) groups excluding carboxylic acids is 1. The van der Waals surface area contributed by atoms with Crippen molar-refractivity contribution in [1.29, 1.82) is 0 Å². The molecule has 0 radical (unpaired) electrons. The maximum absolute atomic E-state index is 12.5. The van der Waals surface area contributed by atoms with Crippen molar-refractivity contribution in [2.45, 2.75) is 32.6 Å². The Labute approximate surface area is 136 Å². The first kappa shape index (κ1) is 15.2. The molecule has 1 amide bonds. The van der Waals surface area contributed by atoms with Crippen LogP contribution in [0.1, 0.15) is 28.2 Å². The summed E-state index contributed by atoms with van der Waals surface area (Å²) in [7, 11) is 0. The molecule has 1 aliphatic heterocycles. The first-order valence-electron chi connectivity index (χ1n) is 7.92. The molecule has 3 heterocycles. The molecular weight excluding hydrogens is 292 g/mol. The summed E-state index contributed by atoms with van der Waals surface area (Å²) in [6.45, 7) is 3.88. The molecule has 0 aromatic carbocycles. The lowest BCUT2D eigenvalue weighted by Crippen LogP contribution is -2.41. The highest BCUT2D eigenvalue weighted by Gasteiger charge is 2.24. The second-order valence-electron chi connectivity index (χ2n) is 6.10. The maximum Gasteiger partial charge on any atom is 0.227 e. The van der Waals surface area contributed by atoms with E-state index in [1.807, 2.05) is 18.5 Å². The number of piperidine rings is 1. The van der Waals surface area contributed by atoms with Gasteiger partial charge in [-0.2, -0.15) is 0 Å². The van der Waals surface area contributed by atoms with Gasteiger partial charge in [0.25, 0.3) is 0 Å². The number of nitrogens with zero attached hydrogens (tertiary/aromatic N) is 2. The van der Waals surface area contributed by atoms with Crippen molar-refractivity contribution in [3.05, 3.63) is 52.0 Å². The third-order valence-corrected chi connectivity index (χ3v) is 5.24. The summed E-state index contributed by atoms with van der Waals surface area (Å²) in [4.78, 5) is 21.2. The van der Waals surface area contributed by atoms with Crippen LogP contribution < -0.4 is 0 Å². The number of hydrogen-bond donors (Lipinski definition) is 0. The van der Waals surface area contributed by atoms with Gasteiger partial charge < -0.3 is 4.90 Å². The Hall–Kier alpha value is -1.68. The van der Waals surface area contributed by atoms with Crippen molar-refractivity contribution in [3.63, 3.8) is 0 Å². The first-order chi connectivity index (χ1) is 10.7. The Morgan fingerprint density at radius 2 is 2.32 bits per heavy atom. The Balaban J connectivity index is 1.57. The molecule has 3 rings (SSSR count). The van der Waals surface area contributed by atoms with Crippen molar-refractivity contribution in [2.75, 3.05) is 13.1 Å². The zero-order valence-corrected chi connectivity index (χ0v) is 13.8. The van der Waals surface area contributed by atoms with Gasteiger partial charge in [-0.3, -0.25) is 9.78 Å². The monoisotopic (exact) mass is 314 g/mol. The zero-order valence-electron chi connectivity index (χ0n) is 13.0. The van der Waals surface area contributed by atoms with Crippen LogP contribution in [-0.4, -0.2) is 28.9 Å². The van der Waals surface area contributed by atoms with Gasteiger partial charge in [0.05, 0.1) is 6.42 Å². The Morgan fingerprint density at radius 1 is 1.41 bits per heavy atom. The van der Waals surface area contributed by atoms with E-state index < -0.39 is 0 Å². The van der Waals surface area contributed by atoms with Gasteiger partial charge in [0.1, 0.15) is 0 Å². The van der Waals surface area contributed by atoms with Crippen LogP contribution in [0.3, 0.4) is 0 Å². The number of rotatable bonds is 4. The minimum atomic E-state index is 0.276. The molecule has 2 aromatic heterocycles. The second-order valence-corrected chi connectivity index (χ2v) is 7.47. The van der Waals surface area contributed by atoms with Crippen molar-refractivity contribution in [1.82, 2.24) is 9.88 Å². The molecule has 1 saturated heterocycles. The molecule has 0 unspecified atom stereocenters. The standard InChI is InChI=1S/C18H22N2OS/c1-14-6-7-17(22-14)11-18(21)20-9-3-5-16(13-20)10-15-4-2-8-19-12-15/h2,4,6-8,12,16H,3,5,9-11,13H2,1H3/t16-/m1/s1. The van der Waals surface area contributed by atoms with Gasteiger partial charge in [-0.25, -0.2) is 0 Å². The fraction of sp³-hybridized carbons (Fsp3) is 0.444. The van der Waals surface area contributed by atoms with Crippen LogP contribution in [0.5, 0.6) is 0 Å². The molecule has 2 aromatic rings. The molecule has 4 heteroatoms. The minimum Gasteiger partial charge on any atom is -0.342 e. The molecule has 1 atom stereocenters. The predicted molar refractivity (Wildman–Crippen MR) is 90.0 cm³/mol. The molecule has 0 spiro atoms. The molecular formula is C18H22N2OS. The largest absolute Gasteiger partial charge is 0.342 e. The summed E-state index contributed by atoms with van der Waals surface area (Å²) in [5.41, 5.74) is 1.27. The Bertz CT molecular complexity index is 623.